The normalized spacial score (nSPS) is 25.4. The van der Waals surface area contributed by atoms with E-state index < -0.39 is 10.0 Å². The third-order valence-corrected chi connectivity index (χ3v) is 7.68. The monoisotopic (exact) mass is 410 g/mol. The lowest BCUT2D eigenvalue weighted by molar-refractivity contribution is -0.123. The molecule has 0 bridgehead atoms. The van der Waals surface area contributed by atoms with E-state index in [0.717, 1.165) is 38.5 Å². The molecule has 1 saturated carbocycles. The molecule has 2 saturated heterocycles. The predicted octanol–water partition coefficient (Wildman–Crippen LogP) is 1.48. The van der Waals surface area contributed by atoms with Crippen LogP contribution in [-0.2, 0) is 21.3 Å². The van der Waals surface area contributed by atoms with Gasteiger partial charge in [-0.3, -0.25) is 9.48 Å². The highest BCUT2D eigenvalue weighted by atomic mass is 32.2. The van der Waals surface area contributed by atoms with Crippen LogP contribution >= 0.6 is 0 Å². The second kappa shape index (κ2) is 7.42. The van der Waals surface area contributed by atoms with Crippen LogP contribution in [0, 0.1) is 0 Å². The summed E-state index contributed by atoms with van der Waals surface area (Å²) >= 11 is 0. The van der Waals surface area contributed by atoms with Gasteiger partial charge in [-0.2, -0.15) is 9.40 Å². The van der Waals surface area contributed by atoms with E-state index in [4.69, 9.17) is 4.74 Å². The lowest BCUT2D eigenvalue weighted by Gasteiger charge is -2.48. The van der Waals surface area contributed by atoms with Crippen molar-refractivity contribution >= 4 is 15.9 Å². The highest BCUT2D eigenvalue weighted by molar-refractivity contribution is 7.88. The van der Waals surface area contributed by atoms with Crippen LogP contribution in [0.1, 0.15) is 55.9 Å². The SMILES string of the molecule is CCn1nccc1C(=O)N1CCC2(CC1)CC(N(C1CC1)S(C)(=O)=O)CCO2. The average Bonchev–Trinajstić information content (AvgIpc) is 3.35. The number of carbonyl (C=O) groups excluding carboxylic acids is 1. The minimum atomic E-state index is -3.21. The van der Waals surface area contributed by atoms with Gasteiger partial charge in [-0.15, -0.1) is 0 Å². The van der Waals surface area contributed by atoms with E-state index in [0.29, 0.717) is 31.9 Å². The molecule has 4 rings (SSSR count). The Morgan fingerprint density at radius 3 is 2.61 bits per heavy atom. The Morgan fingerprint density at radius 1 is 1.29 bits per heavy atom. The average molecular weight is 411 g/mol. The van der Waals surface area contributed by atoms with Gasteiger partial charge in [0.15, 0.2) is 0 Å². The zero-order valence-electron chi connectivity index (χ0n) is 16.7. The van der Waals surface area contributed by atoms with Gasteiger partial charge in [0.05, 0.1) is 11.9 Å². The standard InChI is InChI=1S/C19H30N4O4S/c1-3-22-17(6-10-20-22)18(24)21-11-8-19(9-12-21)14-16(7-13-27-19)23(15-4-5-15)28(2,25)26/h6,10,15-16H,3-5,7-9,11-14H2,1-2H3. The Kier molecular flexibility index (Phi) is 5.26. The number of ether oxygens (including phenoxy) is 1. The summed E-state index contributed by atoms with van der Waals surface area (Å²) < 4.78 is 34.3. The minimum absolute atomic E-state index is 0.0114. The van der Waals surface area contributed by atoms with Crippen LogP contribution in [-0.4, -0.2) is 76.9 Å². The number of aryl methyl sites for hydroxylation is 1. The number of aromatic nitrogens is 2. The van der Waals surface area contributed by atoms with Crippen LogP contribution in [0.15, 0.2) is 12.3 Å². The fourth-order valence-electron chi connectivity index (χ4n) is 4.78. The van der Waals surface area contributed by atoms with E-state index in [-0.39, 0.29) is 23.6 Å². The molecular weight excluding hydrogens is 380 g/mol. The van der Waals surface area contributed by atoms with Gasteiger partial charge in [-0.05, 0) is 51.5 Å². The number of piperidine rings is 1. The first kappa shape index (κ1) is 19.8. The van der Waals surface area contributed by atoms with Crippen molar-refractivity contribution in [1.82, 2.24) is 19.0 Å². The first-order valence-electron chi connectivity index (χ1n) is 10.3. The molecule has 2 aliphatic heterocycles. The first-order valence-corrected chi connectivity index (χ1v) is 12.1. The number of likely N-dealkylation sites (tertiary alicyclic amines) is 1. The van der Waals surface area contributed by atoms with Gasteiger partial charge in [0.1, 0.15) is 5.69 Å². The molecule has 0 radical (unpaired) electrons. The lowest BCUT2D eigenvalue weighted by Crippen LogP contribution is -2.55. The fraction of sp³-hybridized carbons (Fsp3) is 0.789. The summed E-state index contributed by atoms with van der Waals surface area (Å²) in [6.07, 6.45) is 7.89. The number of hydrogen-bond donors (Lipinski definition) is 0. The molecule has 28 heavy (non-hydrogen) atoms. The molecule has 3 aliphatic rings. The zero-order valence-corrected chi connectivity index (χ0v) is 17.5. The molecule has 1 amide bonds. The molecule has 156 valence electrons. The fourth-order valence-corrected chi connectivity index (χ4v) is 6.26. The summed E-state index contributed by atoms with van der Waals surface area (Å²) in [6, 6.07) is 1.95. The third-order valence-electron chi connectivity index (χ3n) is 6.31. The van der Waals surface area contributed by atoms with Crippen LogP contribution in [0.3, 0.4) is 0 Å². The van der Waals surface area contributed by atoms with Crippen molar-refractivity contribution in [2.75, 3.05) is 26.0 Å². The summed E-state index contributed by atoms with van der Waals surface area (Å²) in [5, 5.41) is 4.19. The van der Waals surface area contributed by atoms with Crippen molar-refractivity contribution in [2.24, 2.45) is 0 Å². The number of rotatable bonds is 5. The van der Waals surface area contributed by atoms with E-state index in [1.54, 1.807) is 21.3 Å². The Bertz CT molecular complexity index is 825. The Hall–Kier alpha value is -1.45. The van der Waals surface area contributed by atoms with Crippen LogP contribution in [0.2, 0.25) is 0 Å². The molecule has 1 spiro atoms. The van der Waals surface area contributed by atoms with Gasteiger partial charge in [0, 0.05) is 44.5 Å². The number of sulfonamides is 1. The number of amides is 1. The maximum absolute atomic E-state index is 12.9. The summed E-state index contributed by atoms with van der Waals surface area (Å²) in [4.78, 5) is 14.7. The van der Waals surface area contributed by atoms with Crippen LogP contribution in [0.25, 0.3) is 0 Å². The van der Waals surface area contributed by atoms with Crippen molar-refractivity contribution in [3.63, 3.8) is 0 Å². The molecule has 0 N–H and O–H groups in total. The van der Waals surface area contributed by atoms with Crippen molar-refractivity contribution in [3.05, 3.63) is 18.0 Å². The van der Waals surface area contributed by atoms with E-state index in [9.17, 15) is 13.2 Å². The van der Waals surface area contributed by atoms with Crippen molar-refractivity contribution in [2.45, 2.75) is 69.7 Å². The second-order valence-corrected chi connectivity index (χ2v) is 10.2. The maximum Gasteiger partial charge on any atom is 0.272 e. The first-order chi connectivity index (χ1) is 13.3. The molecule has 0 aromatic carbocycles. The van der Waals surface area contributed by atoms with Crippen LogP contribution in [0.5, 0.6) is 0 Å². The number of hydrogen-bond acceptors (Lipinski definition) is 5. The summed E-state index contributed by atoms with van der Waals surface area (Å²) in [5.41, 5.74) is 0.306. The second-order valence-electron chi connectivity index (χ2n) is 8.33. The highest BCUT2D eigenvalue weighted by Gasteiger charge is 2.47. The lowest BCUT2D eigenvalue weighted by atomic mass is 9.82. The molecular formula is C19H30N4O4S. The molecule has 1 aliphatic carbocycles. The quantitative estimate of drug-likeness (QED) is 0.734. The van der Waals surface area contributed by atoms with E-state index in [1.165, 1.54) is 6.26 Å². The van der Waals surface area contributed by atoms with Crippen LogP contribution < -0.4 is 0 Å². The largest absolute Gasteiger partial charge is 0.375 e. The zero-order chi connectivity index (χ0) is 19.9. The predicted molar refractivity (Wildman–Crippen MR) is 104 cm³/mol. The van der Waals surface area contributed by atoms with Crippen molar-refractivity contribution in [3.8, 4) is 0 Å². The maximum atomic E-state index is 12.9. The summed E-state index contributed by atoms with van der Waals surface area (Å²) in [7, 11) is -3.21. The number of nitrogens with zero attached hydrogens (tertiary/aromatic N) is 4. The molecule has 9 heteroatoms. The van der Waals surface area contributed by atoms with Crippen molar-refractivity contribution in [1.29, 1.82) is 0 Å². The van der Waals surface area contributed by atoms with Gasteiger partial charge in [0.25, 0.3) is 5.91 Å². The smallest absolute Gasteiger partial charge is 0.272 e. The molecule has 8 nitrogen and oxygen atoms in total. The Morgan fingerprint density at radius 2 is 2.00 bits per heavy atom. The Labute approximate surface area is 166 Å². The van der Waals surface area contributed by atoms with E-state index in [1.807, 2.05) is 11.8 Å². The molecule has 1 atom stereocenters. The molecule has 1 aromatic heterocycles. The van der Waals surface area contributed by atoms with E-state index in [2.05, 4.69) is 5.10 Å². The van der Waals surface area contributed by atoms with Gasteiger partial charge < -0.3 is 9.64 Å². The van der Waals surface area contributed by atoms with Gasteiger partial charge in [0.2, 0.25) is 10.0 Å². The Balaban J connectivity index is 1.42. The summed E-state index contributed by atoms with van der Waals surface area (Å²) in [5.74, 6) is 0.0114. The van der Waals surface area contributed by atoms with Gasteiger partial charge in [-0.1, -0.05) is 0 Å². The van der Waals surface area contributed by atoms with E-state index >= 15 is 0 Å². The topological polar surface area (TPSA) is 84.7 Å². The highest BCUT2D eigenvalue weighted by Crippen LogP contribution is 2.41. The molecule has 1 aromatic rings. The molecule has 1 unspecified atom stereocenters. The molecule has 3 heterocycles. The number of carbonyl (C=O) groups is 1. The van der Waals surface area contributed by atoms with Gasteiger partial charge >= 0.3 is 0 Å². The van der Waals surface area contributed by atoms with Crippen LogP contribution in [0.4, 0.5) is 0 Å². The third kappa shape index (κ3) is 3.84. The van der Waals surface area contributed by atoms with Gasteiger partial charge in [-0.25, -0.2) is 8.42 Å². The minimum Gasteiger partial charge on any atom is -0.375 e. The molecule has 3 fully saturated rings. The summed E-state index contributed by atoms with van der Waals surface area (Å²) in [6.45, 7) is 4.48. The van der Waals surface area contributed by atoms with Crippen molar-refractivity contribution < 1.29 is 17.9 Å².